The Bertz CT molecular complexity index is 503. The van der Waals surface area contributed by atoms with Gasteiger partial charge >= 0.3 is 7.12 Å². The maximum atomic E-state index is 8.97. The fraction of sp³-hybridized carbons (Fsp3) is 0.250. The van der Waals surface area contributed by atoms with Crippen molar-refractivity contribution in [3.63, 3.8) is 0 Å². The zero-order chi connectivity index (χ0) is 12.4. The number of aryl methyl sites for hydroxylation is 2. The number of benzene rings is 1. The minimum absolute atomic E-state index is 0.273. The SMILES string of the molecule is Cc1cc(C)cc(Cn2ccc(B(O)O)n2)c1. The van der Waals surface area contributed by atoms with Gasteiger partial charge in [-0.05, 0) is 25.5 Å². The van der Waals surface area contributed by atoms with Crippen LogP contribution in [0.4, 0.5) is 0 Å². The van der Waals surface area contributed by atoms with Gasteiger partial charge in [-0.25, -0.2) is 0 Å². The van der Waals surface area contributed by atoms with Crippen LogP contribution in [0, 0.1) is 13.8 Å². The number of nitrogens with zero attached hydrogens (tertiary/aromatic N) is 2. The molecule has 0 fully saturated rings. The second-order valence-corrected chi connectivity index (χ2v) is 4.31. The van der Waals surface area contributed by atoms with Gasteiger partial charge in [0.25, 0.3) is 0 Å². The molecule has 17 heavy (non-hydrogen) atoms. The smallest absolute Gasteiger partial charge is 0.422 e. The van der Waals surface area contributed by atoms with E-state index in [4.69, 9.17) is 10.0 Å². The summed E-state index contributed by atoms with van der Waals surface area (Å²) in [4.78, 5) is 0. The van der Waals surface area contributed by atoms with Gasteiger partial charge in [0.15, 0.2) is 0 Å². The first-order chi connectivity index (χ1) is 8.04. The summed E-state index contributed by atoms with van der Waals surface area (Å²) in [7, 11) is -1.50. The summed E-state index contributed by atoms with van der Waals surface area (Å²) in [5, 5.41) is 22.0. The van der Waals surface area contributed by atoms with Crippen LogP contribution in [0.1, 0.15) is 16.7 Å². The molecule has 88 valence electrons. The van der Waals surface area contributed by atoms with E-state index in [1.54, 1.807) is 16.9 Å². The molecule has 5 heteroatoms. The fourth-order valence-corrected chi connectivity index (χ4v) is 1.95. The molecular formula is C12H15BN2O2. The number of hydrogen-bond donors (Lipinski definition) is 2. The largest absolute Gasteiger partial charge is 0.510 e. The quantitative estimate of drug-likeness (QED) is 0.742. The average molecular weight is 230 g/mol. The standard InChI is InChI=1S/C12H15BN2O2/c1-9-5-10(2)7-11(6-9)8-15-4-3-12(14-15)13(16)17/h3-7,16-17H,8H2,1-2H3. The highest BCUT2D eigenvalue weighted by atomic mass is 16.4. The minimum Gasteiger partial charge on any atom is -0.422 e. The predicted octanol–water partition coefficient (Wildman–Crippen LogP) is 0.228. The molecule has 0 saturated carbocycles. The Hall–Kier alpha value is -1.59. The molecule has 0 bridgehead atoms. The van der Waals surface area contributed by atoms with Crippen LogP contribution in [0.3, 0.4) is 0 Å². The molecule has 0 aliphatic carbocycles. The maximum Gasteiger partial charge on any atom is 0.510 e. The Balaban J connectivity index is 2.19. The van der Waals surface area contributed by atoms with Crippen molar-refractivity contribution < 1.29 is 10.0 Å². The molecule has 2 aromatic rings. The molecule has 0 amide bonds. The van der Waals surface area contributed by atoms with E-state index in [9.17, 15) is 0 Å². The summed E-state index contributed by atoms with van der Waals surface area (Å²) in [5.74, 6) is 0. The fourth-order valence-electron chi connectivity index (χ4n) is 1.95. The highest BCUT2D eigenvalue weighted by molar-refractivity contribution is 6.57. The molecule has 0 radical (unpaired) electrons. The normalized spacial score (nSPS) is 10.6. The Morgan fingerprint density at radius 3 is 2.35 bits per heavy atom. The van der Waals surface area contributed by atoms with E-state index in [0.29, 0.717) is 6.54 Å². The summed E-state index contributed by atoms with van der Waals surface area (Å²) in [6.45, 7) is 4.75. The second-order valence-electron chi connectivity index (χ2n) is 4.31. The molecule has 0 saturated heterocycles. The van der Waals surface area contributed by atoms with Crippen molar-refractivity contribution in [2.24, 2.45) is 0 Å². The molecule has 2 N–H and O–H groups in total. The van der Waals surface area contributed by atoms with E-state index in [1.807, 2.05) is 0 Å². The molecule has 1 heterocycles. The predicted molar refractivity (Wildman–Crippen MR) is 67.1 cm³/mol. The van der Waals surface area contributed by atoms with E-state index in [-0.39, 0.29) is 5.59 Å². The van der Waals surface area contributed by atoms with Gasteiger partial charge in [-0.3, -0.25) is 4.68 Å². The first-order valence-corrected chi connectivity index (χ1v) is 5.51. The van der Waals surface area contributed by atoms with Crippen LogP contribution < -0.4 is 5.59 Å². The Kier molecular flexibility index (Phi) is 3.31. The van der Waals surface area contributed by atoms with Gasteiger partial charge in [-0.1, -0.05) is 29.3 Å². The van der Waals surface area contributed by atoms with E-state index >= 15 is 0 Å². The highest BCUT2D eigenvalue weighted by Crippen LogP contribution is 2.09. The monoisotopic (exact) mass is 230 g/mol. The van der Waals surface area contributed by atoms with E-state index in [0.717, 1.165) is 5.56 Å². The molecule has 0 atom stereocenters. The third-order valence-electron chi connectivity index (χ3n) is 2.55. The van der Waals surface area contributed by atoms with Gasteiger partial charge in [0.2, 0.25) is 0 Å². The Morgan fingerprint density at radius 2 is 1.82 bits per heavy atom. The van der Waals surface area contributed by atoms with Crippen LogP contribution >= 0.6 is 0 Å². The third-order valence-corrected chi connectivity index (χ3v) is 2.55. The van der Waals surface area contributed by atoms with Gasteiger partial charge in [-0.15, -0.1) is 0 Å². The lowest BCUT2D eigenvalue weighted by molar-refractivity contribution is 0.423. The van der Waals surface area contributed by atoms with Gasteiger partial charge in [-0.2, -0.15) is 5.10 Å². The average Bonchev–Trinajstić information content (AvgIpc) is 2.64. The van der Waals surface area contributed by atoms with Crippen molar-refractivity contribution in [2.75, 3.05) is 0 Å². The van der Waals surface area contributed by atoms with Crippen LogP contribution in [-0.2, 0) is 6.54 Å². The third kappa shape index (κ3) is 2.96. The zero-order valence-corrected chi connectivity index (χ0v) is 9.96. The lowest BCUT2D eigenvalue weighted by Crippen LogP contribution is -2.31. The van der Waals surface area contributed by atoms with Gasteiger partial charge in [0, 0.05) is 6.20 Å². The molecular weight excluding hydrogens is 215 g/mol. The van der Waals surface area contributed by atoms with Crippen molar-refractivity contribution >= 4 is 12.7 Å². The molecule has 0 aliphatic rings. The van der Waals surface area contributed by atoms with Gasteiger partial charge in [0.1, 0.15) is 0 Å². The van der Waals surface area contributed by atoms with Crippen molar-refractivity contribution in [3.05, 3.63) is 47.2 Å². The van der Waals surface area contributed by atoms with Crippen LogP contribution in [0.2, 0.25) is 0 Å². The van der Waals surface area contributed by atoms with Crippen LogP contribution in [-0.4, -0.2) is 26.9 Å². The van der Waals surface area contributed by atoms with Crippen molar-refractivity contribution in [2.45, 2.75) is 20.4 Å². The molecule has 4 nitrogen and oxygen atoms in total. The molecule has 0 spiro atoms. The van der Waals surface area contributed by atoms with Crippen LogP contribution in [0.25, 0.3) is 0 Å². The first-order valence-electron chi connectivity index (χ1n) is 5.51. The summed E-state index contributed by atoms with van der Waals surface area (Å²) in [5.41, 5.74) is 3.86. The van der Waals surface area contributed by atoms with E-state index in [2.05, 4.69) is 37.1 Å². The van der Waals surface area contributed by atoms with Crippen molar-refractivity contribution in [1.29, 1.82) is 0 Å². The summed E-state index contributed by atoms with van der Waals surface area (Å²) in [6.07, 6.45) is 1.74. The maximum absolute atomic E-state index is 8.97. The topological polar surface area (TPSA) is 58.3 Å². The molecule has 1 aromatic carbocycles. The van der Waals surface area contributed by atoms with Crippen LogP contribution in [0.15, 0.2) is 30.5 Å². The van der Waals surface area contributed by atoms with E-state index in [1.165, 1.54) is 11.1 Å². The number of aromatic nitrogens is 2. The second kappa shape index (κ2) is 4.73. The zero-order valence-electron chi connectivity index (χ0n) is 9.96. The Labute approximate surface area is 101 Å². The van der Waals surface area contributed by atoms with E-state index < -0.39 is 7.12 Å². The lowest BCUT2D eigenvalue weighted by atomic mass is 9.87. The van der Waals surface area contributed by atoms with Crippen molar-refractivity contribution in [3.8, 4) is 0 Å². The van der Waals surface area contributed by atoms with Crippen molar-refractivity contribution in [1.82, 2.24) is 9.78 Å². The lowest BCUT2D eigenvalue weighted by Gasteiger charge is -2.05. The number of hydrogen-bond acceptors (Lipinski definition) is 3. The van der Waals surface area contributed by atoms with Crippen LogP contribution in [0.5, 0.6) is 0 Å². The molecule has 0 unspecified atom stereocenters. The summed E-state index contributed by atoms with van der Waals surface area (Å²) < 4.78 is 1.70. The molecule has 1 aromatic heterocycles. The molecule has 2 rings (SSSR count). The first kappa shape index (κ1) is 11.9. The minimum atomic E-state index is -1.50. The van der Waals surface area contributed by atoms with Gasteiger partial charge in [0.05, 0.1) is 12.1 Å². The summed E-state index contributed by atoms with van der Waals surface area (Å²) >= 11 is 0. The summed E-state index contributed by atoms with van der Waals surface area (Å²) in [6, 6.07) is 7.93. The molecule has 0 aliphatic heterocycles. The Morgan fingerprint density at radius 1 is 1.18 bits per heavy atom. The highest BCUT2D eigenvalue weighted by Gasteiger charge is 2.14. The number of rotatable bonds is 3. The van der Waals surface area contributed by atoms with Gasteiger partial charge < -0.3 is 10.0 Å².